The molecule has 2 aromatic rings. The number of thioether (sulfide) groups is 1. The lowest BCUT2D eigenvalue weighted by Gasteiger charge is -2.17. The SMILES string of the molecule is COCCN1CCC(Cn2cnc(-c3ccccc3)c2CCSC)C1. The van der Waals surface area contributed by atoms with Crippen LogP contribution in [-0.4, -0.2) is 59.8 Å². The summed E-state index contributed by atoms with van der Waals surface area (Å²) in [5, 5.41) is 0. The summed E-state index contributed by atoms with van der Waals surface area (Å²) in [7, 11) is 1.78. The molecule has 4 nitrogen and oxygen atoms in total. The molecule has 1 unspecified atom stereocenters. The Balaban J connectivity index is 1.72. The molecule has 1 aliphatic heterocycles. The van der Waals surface area contributed by atoms with Gasteiger partial charge in [-0.25, -0.2) is 4.98 Å². The van der Waals surface area contributed by atoms with Gasteiger partial charge < -0.3 is 14.2 Å². The minimum absolute atomic E-state index is 0.711. The maximum atomic E-state index is 5.21. The Bertz CT molecular complexity index is 644. The highest BCUT2D eigenvalue weighted by atomic mass is 32.2. The molecule has 0 amide bonds. The smallest absolute Gasteiger partial charge is 0.0956 e. The van der Waals surface area contributed by atoms with Crippen molar-refractivity contribution in [3.8, 4) is 11.3 Å². The molecule has 0 saturated carbocycles. The molecule has 1 aliphatic rings. The van der Waals surface area contributed by atoms with Gasteiger partial charge in [-0.15, -0.1) is 0 Å². The zero-order chi connectivity index (χ0) is 17.5. The molecule has 1 aromatic carbocycles. The summed E-state index contributed by atoms with van der Waals surface area (Å²) in [6.07, 6.45) is 6.57. The number of likely N-dealkylation sites (tertiary alicyclic amines) is 1. The molecule has 1 atom stereocenters. The van der Waals surface area contributed by atoms with Gasteiger partial charge in [0.15, 0.2) is 0 Å². The van der Waals surface area contributed by atoms with Crippen LogP contribution in [0, 0.1) is 5.92 Å². The lowest BCUT2D eigenvalue weighted by Crippen LogP contribution is -2.25. The molecule has 2 heterocycles. The fourth-order valence-electron chi connectivity index (χ4n) is 3.63. The molecule has 1 saturated heterocycles. The molecule has 0 N–H and O–H groups in total. The lowest BCUT2D eigenvalue weighted by atomic mass is 10.1. The third-order valence-corrected chi connectivity index (χ3v) is 5.59. The highest BCUT2D eigenvalue weighted by Crippen LogP contribution is 2.26. The van der Waals surface area contributed by atoms with Gasteiger partial charge in [-0.2, -0.15) is 11.8 Å². The van der Waals surface area contributed by atoms with Crippen LogP contribution in [0.4, 0.5) is 0 Å². The second-order valence-corrected chi connectivity index (χ2v) is 7.73. The third kappa shape index (κ3) is 4.87. The molecular weight excluding hydrogens is 330 g/mol. The highest BCUT2D eigenvalue weighted by molar-refractivity contribution is 7.98. The van der Waals surface area contributed by atoms with Crippen molar-refractivity contribution in [1.29, 1.82) is 0 Å². The van der Waals surface area contributed by atoms with Crippen LogP contribution in [0.25, 0.3) is 11.3 Å². The zero-order valence-corrected chi connectivity index (χ0v) is 16.2. The summed E-state index contributed by atoms with van der Waals surface area (Å²) in [6.45, 7) is 5.31. The summed E-state index contributed by atoms with van der Waals surface area (Å²) in [5.74, 6) is 1.85. The van der Waals surface area contributed by atoms with Gasteiger partial charge in [0, 0.05) is 38.0 Å². The van der Waals surface area contributed by atoms with Crippen LogP contribution in [0.1, 0.15) is 12.1 Å². The van der Waals surface area contributed by atoms with Crippen LogP contribution in [0.15, 0.2) is 36.7 Å². The number of nitrogens with zero attached hydrogens (tertiary/aromatic N) is 3. The average molecular weight is 360 g/mol. The maximum absolute atomic E-state index is 5.21. The molecule has 0 bridgehead atoms. The van der Waals surface area contributed by atoms with Gasteiger partial charge in [0.05, 0.1) is 18.6 Å². The van der Waals surface area contributed by atoms with E-state index in [0.29, 0.717) is 5.92 Å². The molecule has 5 heteroatoms. The first-order valence-electron chi connectivity index (χ1n) is 9.11. The number of aromatic nitrogens is 2. The van der Waals surface area contributed by atoms with Crippen LogP contribution >= 0.6 is 11.8 Å². The van der Waals surface area contributed by atoms with Gasteiger partial charge >= 0.3 is 0 Å². The molecule has 136 valence electrons. The Hall–Kier alpha value is -1.30. The average Bonchev–Trinajstić information content (AvgIpc) is 3.26. The van der Waals surface area contributed by atoms with Gasteiger partial charge in [-0.3, -0.25) is 0 Å². The number of imidazole rings is 1. The first kappa shape index (κ1) is 18.5. The Morgan fingerprint density at radius 1 is 1.28 bits per heavy atom. The number of methoxy groups -OCH3 is 1. The third-order valence-electron chi connectivity index (χ3n) is 4.97. The number of rotatable bonds is 9. The van der Waals surface area contributed by atoms with E-state index in [1.54, 1.807) is 7.11 Å². The van der Waals surface area contributed by atoms with E-state index >= 15 is 0 Å². The van der Waals surface area contributed by atoms with Crippen LogP contribution in [0.3, 0.4) is 0 Å². The molecule has 0 aliphatic carbocycles. The van der Waals surface area contributed by atoms with Gasteiger partial charge in [0.2, 0.25) is 0 Å². The lowest BCUT2D eigenvalue weighted by molar-refractivity contribution is 0.158. The minimum Gasteiger partial charge on any atom is -0.383 e. The minimum atomic E-state index is 0.711. The van der Waals surface area contributed by atoms with Crippen molar-refractivity contribution >= 4 is 11.8 Å². The number of hydrogen-bond acceptors (Lipinski definition) is 4. The molecule has 3 rings (SSSR count). The van der Waals surface area contributed by atoms with Crippen molar-refractivity contribution in [3.05, 3.63) is 42.4 Å². The van der Waals surface area contributed by atoms with Crippen molar-refractivity contribution < 1.29 is 4.74 Å². The predicted octanol–water partition coefficient (Wildman–Crippen LogP) is 3.42. The summed E-state index contributed by atoms with van der Waals surface area (Å²) in [5.41, 5.74) is 3.77. The largest absolute Gasteiger partial charge is 0.383 e. The van der Waals surface area contributed by atoms with E-state index in [4.69, 9.17) is 9.72 Å². The van der Waals surface area contributed by atoms with Crippen molar-refractivity contribution in [1.82, 2.24) is 14.5 Å². The van der Waals surface area contributed by atoms with E-state index in [2.05, 4.69) is 52.4 Å². The molecule has 0 spiro atoms. The fraction of sp³-hybridized carbons (Fsp3) is 0.550. The van der Waals surface area contributed by atoms with Gasteiger partial charge in [0.25, 0.3) is 0 Å². The first-order valence-corrected chi connectivity index (χ1v) is 10.5. The second-order valence-electron chi connectivity index (χ2n) is 6.75. The van der Waals surface area contributed by atoms with Crippen LogP contribution in [0.5, 0.6) is 0 Å². The van der Waals surface area contributed by atoms with Crippen molar-refractivity contribution in [2.75, 3.05) is 45.4 Å². The summed E-state index contributed by atoms with van der Waals surface area (Å²) in [6, 6.07) is 10.6. The van der Waals surface area contributed by atoms with Crippen LogP contribution in [-0.2, 0) is 17.7 Å². The van der Waals surface area contributed by atoms with Gasteiger partial charge in [-0.05, 0) is 37.3 Å². The van der Waals surface area contributed by atoms with Crippen molar-refractivity contribution in [2.45, 2.75) is 19.4 Å². The zero-order valence-electron chi connectivity index (χ0n) is 15.4. The number of benzene rings is 1. The maximum Gasteiger partial charge on any atom is 0.0956 e. The summed E-state index contributed by atoms with van der Waals surface area (Å²) in [4.78, 5) is 7.29. The molecule has 1 aromatic heterocycles. The monoisotopic (exact) mass is 359 g/mol. The van der Waals surface area contributed by atoms with E-state index in [0.717, 1.165) is 37.6 Å². The quantitative estimate of drug-likeness (QED) is 0.686. The second kappa shape index (κ2) is 9.41. The van der Waals surface area contributed by atoms with Crippen LogP contribution < -0.4 is 0 Å². The number of ether oxygens (including phenoxy) is 1. The Labute approximate surface area is 155 Å². The van der Waals surface area contributed by atoms with Gasteiger partial charge in [0.1, 0.15) is 0 Å². The Kier molecular flexibility index (Phi) is 6.96. The molecular formula is C20H29N3OS. The molecule has 1 fully saturated rings. The normalized spacial score (nSPS) is 18.1. The fourth-order valence-corrected chi connectivity index (χ4v) is 4.02. The number of hydrogen-bond donors (Lipinski definition) is 0. The molecule has 0 radical (unpaired) electrons. The summed E-state index contributed by atoms with van der Waals surface area (Å²) >= 11 is 1.90. The van der Waals surface area contributed by atoms with E-state index in [-0.39, 0.29) is 0 Å². The standard InChI is InChI=1S/C20H29N3OS/c1-24-12-11-22-10-8-17(14-22)15-23-16-21-20(19(23)9-13-25-2)18-6-4-3-5-7-18/h3-7,16-17H,8-15H2,1-2H3. The first-order chi connectivity index (χ1) is 12.3. The van der Waals surface area contributed by atoms with Crippen LogP contribution in [0.2, 0.25) is 0 Å². The Morgan fingerprint density at radius 2 is 2.12 bits per heavy atom. The van der Waals surface area contributed by atoms with E-state index in [1.807, 2.05) is 11.8 Å². The van der Waals surface area contributed by atoms with Crippen molar-refractivity contribution in [2.24, 2.45) is 5.92 Å². The highest BCUT2D eigenvalue weighted by Gasteiger charge is 2.24. The van der Waals surface area contributed by atoms with E-state index < -0.39 is 0 Å². The van der Waals surface area contributed by atoms with Crippen molar-refractivity contribution in [3.63, 3.8) is 0 Å². The summed E-state index contributed by atoms with van der Waals surface area (Å²) < 4.78 is 7.62. The molecule has 25 heavy (non-hydrogen) atoms. The Morgan fingerprint density at radius 3 is 2.88 bits per heavy atom. The predicted molar refractivity (Wildman–Crippen MR) is 106 cm³/mol. The van der Waals surface area contributed by atoms with E-state index in [9.17, 15) is 0 Å². The van der Waals surface area contributed by atoms with E-state index in [1.165, 1.54) is 30.8 Å². The topological polar surface area (TPSA) is 30.3 Å². The van der Waals surface area contributed by atoms with Gasteiger partial charge in [-0.1, -0.05) is 30.3 Å².